The average Bonchev–Trinajstić information content (AvgIpc) is 2.52. The number of aryl methyl sites for hydroxylation is 2. The summed E-state index contributed by atoms with van der Waals surface area (Å²) in [6.45, 7) is 3.52. The molecule has 0 aromatic carbocycles. The van der Waals surface area contributed by atoms with Crippen LogP contribution in [-0.2, 0) is 18.4 Å². The molecule has 1 fully saturated rings. The number of aliphatic hydroxyl groups excluding tert-OH is 1. The van der Waals surface area contributed by atoms with Gasteiger partial charge in [0.05, 0.1) is 18.8 Å². The zero-order valence-corrected chi connectivity index (χ0v) is 9.53. The molecule has 2 N–H and O–H groups in total. The highest BCUT2D eigenvalue weighted by Gasteiger charge is 2.23. The van der Waals surface area contributed by atoms with Crippen molar-refractivity contribution in [2.45, 2.75) is 13.5 Å². The van der Waals surface area contributed by atoms with Gasteiger partial charge in [0, 0.05) is 25.7 Å². The molecule has 88 valence electrons. The molecule has 6 heteroatoms. The number of nitrogens with one attached hydrogen (secondary N) is 1. The number of rotatable bonds is 2. The minimum Gasteiger partial charge on any atom is -0.391 e. The number of carbonyl (C=O) groups is 1. The number of hydrogen-bond acceptors (Lipinski definition) is 4. The predicted molar refractivity (Wildman–Crippen MR) is 59.1 cm³/mol. The molecule has 1 aliphatic rings. The van der Waals surface area contributed by atoms with Crippen molar-refractivity contribution in [1.29, 1.82) is 0 Å². The van der Waals surface area contributed by atoms with Crippen molar-refractivity contribution in [3.8, 4) is 0 Å². The normalized spacial score (nSPS) is 16.4. The van der Waals surface area contributed by atoms with Crippen LogP contribution in [0.5, 0.6) is 0 Å². The van der Waals surface area contributed by atoms with Gasteiger partial charge in [0.25, 0.3) is 0 Å². The predicted octanol–water partition coefficient (Wildman–Crippen LogP) is -0.843. The summed E-state index contributed by atoms with van der Waals surface area (Å²) in [5.41, 5.74) is 1.61. The van der Waals surface area contributed by atoms with E-state index in [2.05, 4.69) is 10.4 Å². The summed E-state index contributed by atoms with van der Waals surface area (Å²) in [5.74, 6) is 0.851. The van der Waals surface area contributed by atoms with Gasteiger partial charge in [-0.05, 0) is 6.92 Å². The first-order valence-electron chi connectivity index (χ1n) is 5.28. The van der Waals surface area contributed by atoms with Gasteiger partial charge >= 0.3 is 0 Å². The van der Waals surface area contributed by atoms with E-state index in [-0.39, 0.29) is 12.5 Å². The SMILES string of the molecule is Cc1nn(C)c(N2CCNC(=O)C2)c1CO. The Morgan fingerprint density at radius 1 is 1.56 bits per heavy atom. The summed E-state index contributed by atoms with van der Waals surface area (Å²) in [6.07, 6.45) is 0. The van der Waals surface area contributed by atoms with Crippen LogP contribution in [0, 0.1) is 6.92 Å². The number of aliphatic hydroxyl groups is 1. The van der Waals surface area contributed by atoms with Gasteiger partial charge in [-0.2, -0.15) is 5.10 Å². The number of nitrogens with zero attached hydrogens (tertiary/aromatic N) is 3. The summed E-state index contributed by atoms with van der Waals surface area (Å²) in [6, 6.07) is 0. The summed E-state index contributed by atoms with van der Waals surface area (Å²) in [7, 11) is 1.83. The molecule has 1 aromatic rings. The van der Waals surface area contributed by atoms with Gasteiger partial charge in [-0.3, -0.25) is 9.48 Å². The monoisotopic (exact) mass is 224 g/mol. The molecule has 1 aromatic heterocycles. The maximum Gasteiger partial charge on any atom is 0.239 e. The van der Waals surface area contributed by atoms with E-state index in [0.717, 1.165) is 23.6 Å². The Hall–Kier alpha value is -1.56. The molecule has 0 unspecified atom stereocenters. The van der Waals surface area contributed by atoms with Crippen LogP contribution in [0.25, 0.3) is 0 Å². The average molecular weight is 224 g/mol. The van der Waals surface area contributed by atoms with Crippen molar-refractivity contribution < 1.29 is 9.90 Å². The maximum atomic E-state index is 11.3. The minimum atomic E-state index is -0.0485. The standard InChI is InChI=1S/C10H16N4O2/c1-7-8(6-15)10(13(2)12-7)14-4-3-11-9(16)5-14/h15H,3-6H2,1-2H3,(H,11,16). The largest absolute Gasteiger partial charge is 0.391 e. The Kier molecular flexibility index (Phi) is 2.82. The second-order valence-electron chi connectivity index (χ2n) is 3.94. The van der Waals surface area contributed by atoms with E-state index < -0.39 is 0 Å². The maximum absolute atomic E-state index is 11.3. The third kappa shape index (κ3) is 1.76. The van der Waals surface area contributed by atoms with Crippen LogP contribution in [0.1, 0.15) is 11.3 Å². The van der Waals surface area contributed by atoms with Crippen LogP contribution in [0.3, 0.4) is 0 Å². The molecule has 0 saturated carbocycles. The number of aromatic nitrogens is 2. The Morgan fingerprint density at radius 3 is 2.94 bits per heavy atom. The molecule has 1 saturated heterocycles. The first kappa shape index (κ1) is 10.9. The van der Waals surface area contributed by atoms with Gasteiger partial charge in [0.2, 0.25) is 5.91 Å². The molecule has 6 nitrogen and oxygen atoms in total. The van der Waals surface area contributed by atoms with Crippen LogP contribution in [-0.4, -0.2) is 40.4 Å². The number of hydrogen-bond donors (Lipinski definition) is 2. The van der Waals surface area contributed by atoms with Crippen LogP contribution in [0.4, 0.5) is 5.82 Å². The topological polar surface area (TPSA) is 70.4 Å². The van der Waals surface area contributed by atoms with E-state index in [1.807, 2.05) is 18.9 Å². The highest BCUT2D eigenvalue weighted by atomic mass is 16.3. The van der Waals surface area contributed by atoms with Gasteiger partial charge < -0.3 is 15.3 Å². The van der Waals surface area contributed by atoms with Gasteiger partial charge in [-0.1, -0.05) is 0 Å². The summed E-state index contributed by atoms with van der Waals surface area (Å²) >= 11 is 0. The Morgan fingerprint density at radius 2 is 2.31 bits per heavy atom. The first-order chi connectivity index (χ1) is 7.63. The minimum absolute atomic E-state index is 0.00833. The smallest absolute Gasteiger partial charge is 0.239 e. The Balaban J connectivity index is 2.34. The summed E-state index contributed by atoms with van der Waals surface area (Å²) < 4.78 is 1.72. The van der Waals surface area contributed by atoms with E-state index in [1.165, 1.54) is 0 Å². The number of anilines is 1. The lowest BCUT2D eigenvalue weighted by Crippen LogP contribution is -2.48. The van der Waals surface area contributed by atoms with Crippen LogP contribution in [0.15, 0.2) is 0 Å². The third-order valence-corrected chi connectivity index (χ3v) is 2.81. The highest BCUT2D eigenvalue weighted by Crippen LogP contribution is 2.23. The molecule has 1 aliphatic heterocycles. The Bertz CT molecular complexity index is 413. The van der Waals surface area contributed by atoms with Gasteiger partial charge in [-0.25, -0.2) is 0 Å². The molecule has 2 rings (SSSR count). The first-order valence-corrected chi connectivity index (χ1v) is 5.28. The molecule has 2 heterocycles. The quantitative estimate of drug-likeness (QED) is 0.687. The van der Waals surface area contributed by atoms with Crippen molar-refractivity contribution in [1.82, 2.24) is 15.1 Å². The molecule has 0 aliphatic carbocycles. The van der Waals surface area contributed by atoms with Gasteiger partial charge in [0.1, 0.15) is 5.82 Å². The molecular formula is C10H16N4O2. The lowest BCUT2D eigenvalue weighted by Gasteiger charge is -2.29. The molecule has 1 amide bonds. The fourth-order valence-corrected chi connectivity index (χ4v) is 2.09. The lowest BCUT2D eigenvalue weighted by molar-refractivity contribution is -0.120. The number of amides is 1. The highest BCUT2D eigenvalue weighted by molar-refractivity contribution is 5.82. The molecular weight excluding hydrogens is 208 g/mol. The second kappa shape index (κ2) is 4.13. The molecule has 16 heavy (non-hydrogen) atoms. The Labute approximate surface area is 93.9 Å². The van der Waals surface area contributed by atoms with Crippen molar-refractivity contribution in [3.05, 3.63) is 11.3 Å². The fourth-order valence-electron chi connectivity index (χ4n) is 2.09. The van der Waals surface area contributed by atoms with Crippen molar-refractivity contribution in [2.24, 2.45) is 7.05 Å². The van der Waals surface area contributed by atoms with E-state index in [0.29, 0.717) is 13.1 Å². The van der Waals surface area contributed by atoms with Crippen molar-refractivity contribution in [3.63, 3.8) is 0 Å². The van der Waals surface area contributed by atoms with Gasteiger partial charge in [0.15, 0.2) is 0 Å². The van der Waals surface area contributed by atoms with E-state index >= 15 is 0 Å². The fraction of sp³-hybridized carbons (Fsp3) is 0.600. The summed E-state index contributed by atoms with van der Waals surface area (Å²) in [4.78, 5) is 13.3. The van der Waals surface area contributed by atoms with E-state index in [1.54, 1.807) is 4.68 Å². The van der Waals surface area contributed by atoms with E-state index in [9.17, 15) is 9.90 Å². The second-order valence-corrected chi connectivity index (χ2v) is 3.94. The van der Waals surface area contributed by atoms with E-state index in [4.69, 9.17) is 0 Å². The van der Waals surface area contributed by atoms with Crippen LogP contribution < -0.4 is 10.2 Å². The molecule has 0 radical (unpaired) electrons. The molecule has 0 atom stereocenters. The number of piperazine rings is 1. The zero-order chi connectivity index (χ0) is 11.7. The van der Waals surface area contributed by atoms with Crippen LogP contribution in [0.2, 0.25) is 0 Å². The lowest BCUT2D eigenvalue weighted by atomic mass is 10.2. The summed E-state index contributed by atoms with van der Waals surface area (Å²) in [5, 5.41) is 16.4. The molecule has 0 spiro atoms. The van der Waals surface area contributed by atoms with Crippen molar-refractivity contribution in [2.75, 3.05) is 24.5 Å². The van der Waals surface area contributed by atoms with Crippen LogP contribution >= 0.6 is 0 Å². The molecule has 0 bridgehead atoms. The number of carbonyl (C=O) groups excluding carboxylic acids is 1. The third-order valence-electron chi connectivity index (χ3n) is 2.81. The van der Waals surface area contributed by atoms with Crippen molar-refractivity contribution >= 4 is 11.7 Å². The van der Waals surface area contributed by atoms with Gasteiger partial charge in [-0.15, -0.1) is 0 Å². The zero-order valence-electron chi connectivity index (χ0n) is 9.53.